The van der Waals surface area contributed by atoms with Gasteiger partial charge in [-0.1, -0.05) is 19.1 Å². The fourth-order valence-corrected chi connectivity index (χ4v) is 3.98. The number of fused-ring (bicyclic) bond motifs is 2. The summed E-state index contributed by atoms with van der Waals surface area (Å²) in [6, 6.07) is 10.2. The van der Waals surface area contributed by atoms with Crippen LogP contribution in [0, 0.1) is 17.6 Å². The maximum absolute atomic E-state index is 13.6. The molecule has 1 atom stereocenters. The van der Waals surface area contributed by atoms with E-state index in [-0.39, 0.29) is 11.8 Å². The molecule has 0 saturated carbocycles. The molecule has 6 nitrogen and oxygen atoms in total. The van der Waals surface area contributed by atoms with Crippen LogP contribution in [0.3, 0.4) is 0 Å². The minimum Gasteiger partial charge on any atom is -0.361 e. The molecular weight excluding hydrogens is 412 g/mol. The zero-order valence-electron chi connectivity index (χ0n) is 18.2. The van der Waals surface area contributed by atoms with E-state index in [4.69, 9.17) is 0 Å². The molecule has 0 aliphatic carbocycles. The van der Waals surface area contributed by atoms with Gasteiger partial charge in [0.05, 0.1) is 17.6 Å². The van der Waals surface area contributed by atoms with Crippen LogP contribution in [-0.4, -0.2) is 39.4 Å². The first kappa shape index (κ1) is 22.0. The maximum atomic E-state index is 13.6. The second kappa shape index (κ2) is 9.48. The number of nitrogens with zero attached hydrogens (tertiary/aromatic N) is 2. The van der Waals surface area contributed by atoms with Crippen molar-refractivity contribution in [3.05, 3.63) is 65.6 Å². The minimum atomic E-state index is -0.862. The molecule has 1 amide bonds. The zero-order valence-corrected chi connectivity index (χ0v) is 18.2. The summed E-state index contributed by atoms with van der Waals surface area (Å²) < 4.78 is 27.1. The van der Waals surface area contributed by atoms with Crippen LogP contribution in [0.4, 0.5) is 8.78 Å². The lowest BCUT2D eigenvalue weighted by Gasteiger charge is -2.20. The second-order valence-corrected chi connectivity index (χ2v) is 8.18. The first-order chi connectivity index (χ1) is 15.4. The molecule has 2 aromatic carbocycles. The normalized spacial score (nSPS) is 12.7. The van der Waals surface area contributed by atoms with Gasteiger partial charge in [-0.15, -0.1) is 0 Å². The zero-order chi connectivity index (χ0) is 22.7. The third kappa shape index (κ3) is 4.80. The second-order valence-electron chi connectivity index (χ2n) is 8.18. The van der Waals surface area contributed by atoms with Gasteiger partial charge in [-0.05, 0) is 50.2 Å². The van der Waals surface area contributed by atoms with Crippen LogP contribution in [0.1, 0.15) is 31.2 Å². The number of halogens is 2. The minimum absolute atomic E-state index is 0.00555. The van der Waals surface area contributed by atoms with Gasteiger partial charge in [-0.3, -0.25) is 4.79 Å². The van der Waals surface area contributed by atoms with E-state index in [0.29, 0.717) is 37.0 Å². The van der Waals surface area contributed by atoms with Gasteiger partial charge in [0.2, 0.25) is 5.91 Å². The van der Waals surface area contributed by atoms with Crippen molar-refractivity contribution in [3.8, 4) is 0 Å². The molecule has 168 valence electrons. The lowest BCUT2D eigenvalue weighted by Crippen LogP contribution is -2.32. The van der Waals surface area contributed by atoms with Crippen LogP contribution in [0.2, 0.25) is 0 Å². The summed E-state index contributed by atoms with van der Waals surface area (Å²) in [7, 11) is 1.96. The number of amides is 1. The van der Waals surface area contributed by atoms with E-state index in [1.54, 1.807) is 6.20 Å². The average molecular weight is 440 g/mol. The molecule has 32 heavy (non-hydrogen) atoms. The molecule has 0 radical (unpaired) electrons. The molecule has 0 fully saturated rings. The number of hydrogen-bond donors (Lipinski definition) is 3. The molecule has 0 spiro atoms. The van der Waals surface area contributed by atoms with Crippen molar-refractivity contribution in [1.29, 1.82) is 0 Å². The number of nitrogens with one attached hydrogen (secondary N) is 3. The summed E-state index contributed by atoms with van der Waals surface area (Å²) in [4.78, 5) is 25.5. The quantitative estimate of drug-likeness (QED) is 0.360. The highest BCUT2D eigenvalue weighted by atomic mass is 19.2. The molecule has 0 bridgehead atoms. The number of H-pyrrole nitrogens is 2. The van der Waals surface area contributed by atoms with Gasteiger partial charge in [0.15, 0.2) is 11.6 Å². The van der Waals surface area contributed by atoms with E-state index in [1.807, 2.05) is 38.2 Å². The van der Waals surface area contributed by atoms with E-state index in [1.165, 1.54) is 12.1 Å². The third-order valence-corrected chi connectivity index (χ3v) is 5.84. The highest BCUT2D eigenvalue weighted by Crippen LogP contribution is 2.23. The Labute approximate surface area is 185 Å². The molecule has 2 aromatic heterocycles. The number of carbonyl (C=O) groups is 1. The first-order valence-electron chi connectivity index (χ1n) is 10.8. The smallest absolute Gasteiger partial charge is 0.223 e. The van der Waals surface area contributed by atoms with Crippen molar-refractivity contribution in [2.45, 2.75) is 32.9 Å². The van der Waals surface area contributed by atoms with Crippen molar-refractivity contribution in [2.75, 3.05) is 13.6 Å². The molecule has 0 saturated heterocycles. The molecule has 8 heteroatoms. The fraction of sp³-hybridized carbons (Fsp3) is 0.333. The number of benzene rings is 2. The van der Waals surface area contributed by atoms with Crippen molar-refractivity contribution >= 4 is 27.8 Å². The molecule has 0 aliphatic rings. The summed E-state index contributed by atoms with van der Waals surface area (Å²) in [5, 5.41) is 3.66. The predicted octanol–water partition coefficient (Wildman–Crippen LogP) is 4.49. The van der Waals surface area contributed by atoms with Gasteiger partial charge >= 0.3 is 0 Å². The maximum Gasteiger partial charge on any atom is 0.223 e. The summed E-state index contributed by atoms with van der Waals surface area (Å²) in [5.74, 6) is -1.09. The van der Waals surface area contributed by atoms with Gasteiger partial charge in [-0.25, -0.2) is 13.8 Å². The van der Waals surface area contributed by atoms with E-state index in [0.717, 1.165) is 28.8 Å². The van der Waals surface area contributed by atoms with Crippen molar-refractivity contribution in [3.63, 3.8) is 0 Å². The Kier molecular flexibility index (Phi) is 6.50. The Morgan fingerprint density at radius 1 is 1.19 bits per heavy atom. The van der Waals surface area contributed by atoms with E-state index < -0.39 is 11.6 Å². The number of imidazole rings is 1. The highest BCUT2D eigenvalue weighted by Gasteiger charge is 2.18. The SMILES string of the molecule is CCC(CCN(C)Cc1c[nH]c2cc(F)c(F)cc12)C(=O)NCc1nc2ccccc2[nH]1. The van der Waals surface area contributed by atoms with Gasteiger partial charge in [0.25, 0.3) is 0 Å². The standard InChI is InChI=1S/C24H27F2N5O/c1-3-15(24(32)28-13-23-29-20-6-4-5-7-21(20)30-23)8-9-31(2)14-16-12-27-22-11-19(26)18(25)10-17(16)22/h4-7,10-12,15,27H,3,8-9,13-14H2,1-2H3,(H,28,32)(H,29,30). The van der Waals surface area contributed by atoms with Gasteiger partial charge in [0.1, 0.15) is 5.82 Å². The molecule has 0 aliphatic heterocycles. The first-order valence-corrected chi connectivity index (χ1v) is 10.8. The number of aromatic amines is 2. The Morgan fingerprint density at radius 2 is 1.97 bits per heavy atom. The van der Waals surface area contributed by atoms with Crippen LogP contribution in [0.25, 0.3) is 21.9 Å². The topological polar surface area (TPSA) is 76.8 Å². The summed E-state index contributed by atoms with van der Waals surface area (Å²) >= 11 is 0. The van der Waals surface area contributed by atoms with Gasteiger partial charge in [-0.2, -0.15) is 0 Å². The van der Waals surface area contributed by atoms with E-state index >= 15 is 0 Å². The lowest BCUT2D eigenvalue weighted by molar-refractivity contribution is -0.125. The van der Waals surface area contributed by atoms with Crippen LogP contribution in [0.5, 0.6) is 0 Å². The Morgan fingerprint density at radius 3 is 2.75 bits per heavy atom. The monoisotopic (exact) mass is 439 g/mol. The Balaban J connectivity index is 1.30. The summed E-state index contributed by atoms with van der Waals surface area (Å²) in [6.07, 6.45) is 3.21. The molecule has 4 aromatic rings. The molecule has 4 rings (SSSR count). The average Bonchev–Trinajstić information content (AvgIpc) is 3.36. The third-order valence-electron chi connectivity index (χ3n) is 5.84. The van der Waals surface area contributed by atoms with E-state index in [2.05, 4.69) is 25.2 Å². The number of aromatic nitrogens is 3. The molecular formula is C24H27F2N5O. The lowest BCUT2D eigenvalue weighted by atomic mass is 10.0. The van der Waals surface area contributed by atoms with Gasteiger partial charge < -0.3 is 20.2 Å². The molecule has 2 heterocycles. The van der Waals surface area contributed by atoms with Crippen LogP contribution in [-0.2, 0) is 17.9 Å². The number of para-hydroxylation sites is 2. The summed E-state index contributed by atoms with van der Waals surface area (Å²) in [6.45, 7) is 3.63. The van der Waals surface area contributed by atoms with E-state index in [9.17, 15) is 13.6 Å². The summed E-state index contributed by atoms with van der Waals surface area (Å²) in [5.41, 5.74) is 3.29. The number of hydrogen-bond acceptors (Lipinski definition) is 3. The van der Waals surface area contributed by atoms with Crippen LogP contribution in [0.15, 0.2) is 42.6 Å². The van der Waals surface area contributed by atoms with Crippen molar-refractivity contribution in [2.24, 2.45) is 5.92 Å². The number of carbonyl (C=O) groups excluding carboxylic acids is 1. The highest BCUT2D eigenvalue weighted by molar-refractivity contribution is 5.83. The molecule has 3 N–H and O–H groups in total. The van der Waals surface area contributed by atoms with Crippen molar-refractivity contribution in [1.82, 2.24) is 25.2 Å². The predicted molar refractivity (Wildman–Crippen MR) is 121 cm³/mol. The Hall–Kier alpha value is -3.26. The largest absolute Gasteiger partial charge is 0.361 e. The fourth-order valence-electron chi connectivity index (χ4n) is 3.98. The van der Waals surface area contributed by atoms with Crippen LogP contribution < -0.4 is 5.32 Å². The Bertz CT molecular complexity index is 1200. The van der Waals surface area contributed by atoms with Gasteiger partial charge in [0, 0.05) is 35.6 Å². The number of rotatable bonds is 9. The van der Waals surface area contributed by atoms with Crippen molar-refractivity contribution < 1.29 is 13.6 Å². The molecule has 1 unspecified atom stereocenters. The van der Waals surface area contributed by atoms with Crippen LogP contribution >= 0.6 is 0 Å².